The summed E-state index contributed by atoms with van der Waals surface area (Å²) in [6.07, 6.45) is 0. The van der Waals surface area contributed by atoms with Gasteiger partial charge < -0.3 is 14.8 Å². The number of nitrogens with one attached hydrogen (secondary N) is 1. The van der Waals surface area contributed by atoms with E-state index in [9.17, 15) is 22.4 Å². The Morgan fingerprint density at radius 1 is 0.943 bits per heavy atom. The van der Waals surface area contributed by atoms with Gasteiger partial charge in [0.1, 0.15) is 16.5 Å². The smallest absolute Gasteiger partial charge is 0.262 e. The monoisotopic (exact) mass is 498 g/mol. The Hall–Kier alpha value is -3.60. The summed E-state index contributed by atoms with van der Waals surface area (Å²) in [7, 11) is -4.07. The summed E-state index contributed by atoms with van der Waals surface area (Å²) in [4.78, 5) is 24.3. The highest BCUT2D eigenvalue weighted by Crippen LogP contribution is 2.24. The lowest BCUT2D eigenvalue weighted by Gasteiger charge is -2.26. The first-order valence-corrected chi connectivity index (χ1v) is 12.3. The van der Waals surface area contributed by atoms with Crippen LogP contribution in [0.25, 0.3) is 0 Å². The second-order valence-electron chi connectivity index (χ2n) is 7.72. The van der Waals surface area contributed by atoms with E-state index in [0.717, 1.165) is 16.4 Å². The van der Waals surface area contributed by atoms with Crippen LogP contribution < -0.4 is 10.1 Å². The highest BCUT2D eigenvalue weighted by atomic mass is 32.2. The van der Waals surface area contributed by atoms with E-state index >= 15 is 0 Å². The van der Waals surface area contributed by atoms with Gasteiger partial charge in [-0.1, -0.05) is 30.3 Å². The number of halogens is 1. The summed E-state index contributed by atoms with van der Waals surface area (Å²) in [5, 5.41) is 2.51. The lowest BCUT2D eigenvalue weighted by molar-refractivity contribution is -0.118. The van der Waals surface area contributed by atoms with E-state index in [-0.39, 0.29) is 44.4 Å². The van der Waals surface area contributed by atoms with E-state index in [0.29, 0.717) is 16.9 Å². The molecule has 0 atom stereocenters. The molecule has 0 aliphatic carbocycles. The Bertz CT molecular complexity index is 1310. The Balaban J connectivity index is 1.37. The molecule has 1 N–H and O–H groups in total. The van der Waals surface area contributed by atoms with Gasteiger partial charge in [0.05, 0.1) is 13.2 Å². The molecule has 1 fully saturated rings. The minimum atomic E-state index is -4.07. The van der Waals surface area contributed by atoms with Crippen molar-refractivity contribution in [1.82, 2.24) is 4.31 Å². The molecule has 1 aliphatic rings. The summed E-state index contributed by atoms with van der Waals surface area (Å²) in [5.74, 6) is -1.22. The van der Waals surface area contributed by atoms with E-state index in [2.05, 4.69) is 5.32 Å². The number of nitrogens with zero attached hydrogens (tertiary/aromatic N) is 1. The molecule has 4 rings (SSSR count). The molecule has 1 saturated heterocycles. The molecular formula is C25H23FN2O6S. The normalized spacial score (nSPS) is 14.3. The quantitative estimate of drug-likeness (QED) is 0.479. The molecule has 3 aromatic carbocycles. The standard InChI is InChI=1S/C25H23FN2O6S/c26-22-11-8-20(16-23(22)35(31,32)28-12-14-33-15-13-28)27-24(29)17-34-21-9-6-19(7-10-21)25(30)18-4-2-1-3-5-18/h1-11,16H,12-15,17H2,(H,27,29). The average Bonchev–Trinajstić information content (AvgIpc) is 2.89. The zero-order valence-electron chi connectivity index (χ0n) is 18.6. The van der Waals surface area contributed by atoms with Gasteiger partial charge in [-0.15, -0.1) is 0 Å². The first-order valence-electron chi connectivity index (χ1n) is 10.8. The lowest BCUT2D eigenvalue weighted by atomic mass is 10.0. The van der Waals surface area contributed by atoms with Gasteiger partial charge in [-0.3, -0.25) is 9.59 Å². The number of carbonyl (C=O) groups is 2. The Kier molecular flexibility index (Phi) is 7.54. The first-order chi connectivity index (χ1) is 16.8. The summed E-state index contributed by atoms with van der Waals surface area (Å²) >= 11 is 0. The minimum absolute atomic E-state index is 0.121. The van der Waals surface area contributed by atoms with Gasteiger partial charge in [0, 0.05) is 29.9 Å². The molecule has 0 bridgehead atoms. The fraction of sp³-hybridized carbons (Fsp3) is 0.200. The Morgan fingerprint density at radius 3 is 2.29 bits per heavy atom. The maximum atomic E-state index is 14.3. The van der Waals surface area contributed by atoms with Crippen LogP contribution in [0.5, 0.6) is 5.75 Å². The number of hydrogen-bond acceptors (Lipinski definition) is 6. The van der Waals surface area contributed by atoms with Crippen molar-refractivity contribution in [3.63, 3.8) is 0 Å². The summed E-state index contributed by atoms with van der Waals surface area (Å²) < 4.78 is 51.7. The van der Waals surface area contributed by atoms with Crippen LogP contribution in [0.3, 0.4) is 0 Å². The van der Waals surface area contributed by atoms with Crippen LogP contribution in [0, 0.1) is 5.82 Å². The molecule has 0 aromatic heterocycles. The van der Waals surface area contributed by atoms with Crippen molar-refractivity contribution in [2.45, 2.75) is 4.90 Å². The molecule has 1 amide bonds. The third-order valence-corrected chi connectivity index (χ3v) is 7.24. The molecule has 10 heteroatoms. The zero-order valence-corrected chi connectivity index (χ0v) is 19.5. The molecule has 0 unspecified atom stereocenters. The van der Waals surface area contributed by atoms with Gasteiger partial charge in [0.15, 0.2) is 12.4 Å². The molecule has 0 spiro atoms. The Labute approximate surface area is 202 Å². The predicted octanol–water partition coefficient (Wildman–Crippen LogP) is 3.10. The summed E-state index contributed by atoms with van der Waals surface area (Å²) in [6, 6.07) is 18.6. The second-order valence-corrected chi connectivity index (χ2v) is 9.62. The zero-order chi connectivity index (χ0) is 24.8. The molecule has 182 valence electrons. The summed E-state index contributed by atoms with van der Waals surface area (Å²) in [6.45, 7) is 0.352. The van der Waals surface area contributed by atoms with E-state index in [1.54, 1.807) is 48.5 Å². The third-order valence-electron chi connectivity index (χ3n) is 5.33. The van der Waals surface area contributed by atoms with Crippen molar-refractivity contribution in [1.29, 1.82) is 0 Å². The van der Waals surface area contributed by atoms with Crippen LogP contribution in [-0.2, 0) is 19.6 Å². The maximum absolute atomic E-state index is 14.3. The number of carbonyl (C=O) groups excluding carboxylic acids is 2. The van der Waals surface area contributed by atoms with Gasteiger partial charge in [-0.2, -0.15) is 4.31 Å². The van der Waals surface area contributed by atoms with E-state index in [1.807, 2.05) is 6.07 Å². The predicted molar refractivity (Wildman–Crippen MR) is 126 cm³/mol. The number of amides is 1. The summed E-state index contributed by atoms with van der Waals surface area (Å²) in [5.41, 5.74) is 1.17. The van der Waals surface area contributed by atoms with Crippen LogP contribution >= 0.6 is 0 Å². The van der Waals surface area contributed by atoms with Crippen molar-refractivity contribution < 1.29 is 31.9 Å². The highest BCUT2D eigenvalue weighted by Gasteiger charge is 2.29. The molecule has 35 heavy (non-hydrogen) atoms. The fourth-order valence-corrected chi connectivity index (χ4v) is 5.01. The lowest BCUT2D eigenvalue weighted by Crippen LogP contribution is -2.40. The fourth-order valence-electron chi connectivity index (χ4n) is 3.51. The maximum Gasteiger partial charge on any atom is 0.262 e. The molecule has 1 aliphatic heterocycles. The van der Waals surface area contributed by atoms with Gasteiger partial charge in [0.25, 0.3) is 5.91 Å². The van der Waals surface area contributed by atoms with Gasteiger partial charge in [-0.25, -0.2) is 12.8 Å². The molecule has 3 aromatic rings. The van der Waals surface area contributed by atoms with Crippen LogP contribution in [-0.4, -0.2) is 57.3 Å². The highest BCUT2D eigenvalue weighted by molar-refractivity contribution is 7.89. The molecule has 8 nitrogen and oxygen atoms in total. The number of sulfonamides is 1. The number of benzene rings is 3. The van der Waals surface area contributed by atoms with Crippen molar-refractivity contribution in [2.24, 2.45) is 0 Å². The second kappa shape index (κ2) is 10.8. The topological polar surface area (TPSA) is 102 Å². The molecule has 1 heterocycles. The van der Waals surface area contributed by atoms with Crippen LogP contribution in [0.15, 0.2) is 77.7 Å². The minimum Gasteiger partial charge on any atom is -0.484 e. The number of anilines is 1. The third kappa shape index (κ3) is 5.91. The van der Waals surface area contributed by atoms with Crippen LogP contribution in [0.4, 0.5) is 10.1 Å². The van der Waals surface area contributed by atoms with E-state index < -0.39 is 26.6 Å². The molecular weight excluding hydrogens is 475 g/mol. The number of ketones is 1. The van der Waals surface area contributed by atoms with Gasteiger partial charge >= 0.3 is 0 Å². The Morgan fingerprint density at radius 2 is 1.60 bits per heavy atom. The molecule has 0 saturated carbocycles. The largest absolute Gasteiger partial charge is 0.484 e. The number of rotatable bonds is 8. The first kappa shape index (κ1) is 24.5. The average molecular weight is 499 g/mol. The van der Waals surface area contributed by atoms with Crippen molar-refractivity contribution in [3.05, 3.63) is 89.7 Å². The van der Waals surface area contributed by atoms with E-state index in [4.69, 9.17) is 9.47 Å². The van der Waals surface area contributed by atoms with Crippen molar-refractivity contribution in [2.75, 3.05) is 38.2 Å². The van der Waals surface area contributed by atoms with Crippen molar-refractivity contribution in [3.8, 4) is 5.75 Å². The van der Waals surface area contributed by atoms with Crippen molar-refractivity contribution >= 4 is 27.4 Å². The van der Waals surface area contributed by atoms with E-state index in [1.165, 1.54) is 6.07 Å². The van der Waals surface area contributed by atoms with Gasteiger partial charge in [-0.05, 0) is 42.5 Å². The van der Waals surface area contributed by atoms with Crippen LogP contribution in [0.2, 0.25) is 0 Å². The van der Waals surface area contributed by atoms with Gasteiger partial charge in [0.2, 0.25) is 10.0 Å². The number of morpholine rings is 1. The molecule has 0 radical (unpaired) electrons. The van der Waals surface area contributed by atoms with Crippen LogP contribution in [0.1, 0.15) is 15.9 Å². The SMILES string of the molecule is O=C(COc1ccc(C(=O)c2ccccc2)cc1)Nc1ccc(F)c(S(=O)(=O)N2CCOCC2)c1. The number of ether oxygens (including phenoxy) is 2. The number of hydrogen-bond donors (Lipinski definition) is 1.